The number of hydrogen-bond acceptors (Lipinski definition) is 2. The summed E-state index contributed by atoms with van der Waals surface area (Å²) in [5.74, 6) is -0.948. The lowest BCUT2D eigenvalue weighted by atomic mass is 10.1. The Balaban J connectivity index is 2.28. The van der Waals surface area contributed by atoms with Gasteiger partial charge in [0.05, 0.1) is 5.69 Å². The number of aryl methyl sites for hydroxylation is 1. The van der Waals surface area contributed by atoms with Crippen molar-refractivity contribution in [3.63, 3.8) is 0 Å². The molecule has 0 unspecified atom stereocenters. The number of amides is 1. The summed E-state index contributed by atoms with van der Waals surface area (Å²) in [6.07, 6.45) is 0. The summed E-state index contributed by atoms with van der Waals surface area (Å²) in [7, 11) is 0. The molecule has 0 radical (unpaired) electrons. The normalized spacial score (nSPS) is 10.1. The molecule has 0 aliphatic carbocycles. The average molecular weight is 245 g/mol. The van der Waals surface area contributed by atoms with Crippen molar-refractivity contribution in [2.24, 2.45) is 0 Å². The fraction of sp³-hybridized carbons (Fsp3) is 0.0714. The highest BCUT2D eigenvalue weighted by Gasteiger charge is 2.11. The second-order valence-corrected chi connectivity index (χ2v) is 3.93. The first kappa shape index (κ1) is 12.1. The van der Waals surface area contributed by atoms with Gasteiger partial charge in [-0.25, -0.2) is 4.39 Å². The molecule has 0 saturated heterocycles. The summed E-state index contributed by atoms with van der Waals surface area (Å²) in [6.45, 7) is 1.72. The van der Waals surface area contributed by atoms with Gasteiger partial charge in [0.1, 0.15) is 11.6 Å². The number of phenols is 1. The van der Waals surface area contributed by atoms with E-state index < -0.39 is 11.7 Å². The van der Waals surface area contributed by atoms with Crippen LogP contribution in [-0.4, -0.2) is 11.0 Å². The van der Waals surface area contributed by atoms with Crippen LogP contribution in [0.25, 0.3) is 0 Å². The number of carbonyl (C=O) groups excluding carboxylic acids is 1. The van der Waals surface area contributed by atoms with Gasteiger partial charge in [-0.05, 0) is 36.8 Å². The molecule has 18 heavy (non-hydrogen) atoms. The molecule has 0 atom stereocenters. The van der Waals surface area contributed by atoms with Crippen molar-refractivity contribution in [2.45, 2.75) is 6.92 Å². The van der Waals surface area contributed by atoms with Gasteiger partial charge >= 0.3 is 0 Å². The maximum absolute atomic E-state index is 13.1. The van der Waals surface area contributed by atoms with Crippen molar-refractivity contribution < 1.29 is 14.3 Å². The Morgan fingerprint density at radius 3 is 2.67 bits per heavy atom. The smallest absolute Gasteiger partial charge is 0.256 e. The van der Waals surface area contributed by atoms with Gasteiger partial charge in [-0.2, -0.15) is 0 Å². The van der Waals surface area contributed by atoms with E-state index in [1.807, 2.05) is 0 Å². The van der Waals surface area contributed by atoms with Crippen LogP contribution in [0.3, 0.4) is 0 Å². The Labute approximate surface area is 104 Å². The summed E-state index contributed by atoms with van der Waals surface area (Å²) in [4.78, 5) is 12.0. The lowest BCUT2D eigenvalue weighted by molar-refractivity contribution is 0.102. The Bertz CT molecular complexity index is 596. The molecule has 0 fully saturated rings. The number of halogens is 1. The van der Waals surface area contributed by atoms with Crippen molar-refractivity contribution in [1.82, 2.24) is 0 Å². The Morgan fingerprint density at radius 1 is 1.22 bits per heavy atom. The number of para-hydroxylation sites is 2. The fourth-order valence-electron chi connectivity index (χ4n) is 1.61. The molecule has 92 valence electrons. The summed E-state index contributed by atoms with van der Waals surface area (Å²) in [6, 6.07) is 10.4. The summed E-state index contributed by atoms with van der Waals surface area (Å²) >= 11 is 0. The third-order valence-electron chi connectivity index (χ3n) is 2.60. The van der Waals surface area contributed by atoms with E-state index in [1.54, 1.807) is 25.1 Å². The maximum atomic E-state index is 13.1. The van der Waals surface area contributed by atoms with Gasteiger partial charge in [0, 0.05) is 5.56 Å². The van der Waals surface area contributed by atoms with E-state index in [-0.39, 0.29) is 11.3 Å². The van der Waals surface area contributed by atoms with Gasteiger partial charge in [0.15, 0.2) is 0 Å². The highest BCUT2D eigenvalue weighted by atomic mass is 19.1. The van der Waals surface area contributed by atoms with E-state index in [1.165, 1.54) is 24.3 Å². The minimum Gasteiger partial charge on any atom is -0.506 e. The molecule has 3 nitrogen and oxygen atoms in total. The molecule has 0 saturated carbocycles. The first-order valence-electron chi connectivity index (χ1n) is 5.43. The van der Waals surface area contributed by atoms with Crippen molar-refractivity contribution in [2.75, 3.05) is 5.32 Å². The number of phenolic OH excluding ortho intramolecular Hbond substituents is 1. The second kappa shape index (κ2) is 4.87. The maximum Gasteiger partial charge on any atom is 0.256 e. The molecule has 2 aromatic carbocycles. The molecular formula is C14H12FNO2. The largest absolute Gasteiger partial charge is 0.506 e. The minimum atomic E-state index is -0.469. The SMILES string of the molecule is Cc1ccc(F)cc1C(=O)Nc1ccccc1O. The van der Waals surface area contributed by atoms with Crippen LogP contribution in [0.15, 0.2) is 42.5 Å². The fourth-order valence-corrected chi connectivity index (χ4v) is 1.61. The first-order chi connectivity index (χ1) is 8.58. The van der Waals surface area contributed by atoms with Crippen molar-refractivity contribution in [3.05, 3.63) is 59.4 Å². The van der Waals surface area contributed by atoms with Crippen LogP contribution in [0.4, 0.5) is 10.1 Å². The standard InChI is InChI=1S/C14H12FNO2/c1-9-6-7-10(15)8-11(9)14(18)16-12-4-2-3-5-13(12)17/h2-8,17H,1H3,(H,16,18). The van der Waals surface area contributed by atoms with Crippen LogP contribution in [0.1, 0.15) is 15.9 Å². The lowest BCUT2D eigenvalue weighted by Gasteiger charge is -2.09. The monoisotopic (exact) mass is 245 g/mol. The van der Waals surface area contributed by atoms with Gasteiger partial charge in [0.25, 0.3) is 5.91 Å². The Hall–Kier alpha value is -2.36. The van der Waals surface area contributed by atoms with Crippen LogP contribution < -0.4 is 5.32 Å². The molecule has 2 N–H and O–H groups in total. The zero-order valence-electron chi connectivity index (χ0n) is 9.77. The van der Waals surface area contributed by atoms with Gasteiger partial charge in [-0.15, -0.1) is 0 Å². The van der Waals surface area contributed by atoms with Gasteiger partial charge in [-0.3, -0.25) is 4.79 Å². The highest BCUT2D eigenvalue weighted by molar-refractivity contribution is 6.05. The molecule has 0 aliphatic rings. The van der Waals surface area contributed by atoms with Crippen LogP contribution in [0, 0.1) is 12.7 Å². The zero-order valence-corrected chi connectivity index (χ0v) is 9.77. The first-order valence-corrected chi connectivity index (χ1v) is 5.43. The number of aromatic hydroxyl groups is 1. The van der Waals surface area contributed by atoms with Crippen molar-refractivity contribution in [3.8, 4) is 5.75 Å². The zero-order chi connectivity index (χ0) is 13.1. The predicted molar refractivity (Wildman–Crippen MR) is 67.2 cm³/mol. The molecule has 4 heteroatoms. The molecule has 0 spiro atoms. The summed E-state index contributed by atoms with van der Waals surface area (Å²) in [5.41, 5.74) is 1.22. The molecule has 2 aromatic rings. The number of benzene rings is 2. The van der Waals surface area contributed by atoms with E-state index in [9.17, 15) is 14.3 Å². The van der Waals surface area contributed by atoms with Crippen LogP contribution in [0.2, 0.25) is 0 Å². The van der Waals surface area contributed by atoms with E-state index >= 15 is 0 Å². The van der Waals surface area contributed by atoms with Crippen LogP contribution >= 0.6 is 0 Å². The summed E-state index contributed by atoms with van der Waals surface area (Å²) in [5, 5.41) is 12.1. The number of anilines is 1. The van der Waals surface area contributed by atoms with E-state index in [4.69, 9.17) is 0 Å². The van der Waals surface area contributed by atoms with Gasteiger partial charge < -0.3 is 10.4 Å². The van der Waals surface area contributed by atoms with Crippen molar-refractivity contribution in [1.29, 1.82) is 0 Å². The Morgan fingerprint density at radius 2 is 1.94 bits per heavy atom. The second-order valence-electron chi connectivity index (χ2n) is 3.93. The van der Waals surface area contributed by atoms with E-state index in [2.05, 4.69) is 5.32 Å². The highest BCUT2D eigenvalue weighted by Crippen LogP contribution is 2.22. The van der Waals surface area contributed by atoms with Gasteiger partial charge in [0.2, 0.25) is 0 Å². The van der Waals surface area contributed by atoms with Gasteiger partial charge in [-0.1, -0.05) is 18.2 Å². The Kier molecular flexibility index (Phi) is 3.28. The van der Waals surface area contributed by atoms with Crippen molar-refractivity contribution >= 4 is 11.6 Å². The third kappa shape index (κ3) is 2.48. The lowest BCUT2D eigenvalue weighted by Crippen LogP contribution is -2.13. The average Bonchev–Trinajstić information content (AvgIpc) is 2.35. The number of nitrogens with one attached hydrogen (secondary N) is 1. The molecule has 2 rings (SSSR count). The molecule has 0 aliphatic heterocycles. The minimum absolute atomic E-state index is 0.0279. The third-order valence-corrected chi connectivity index (χ3v) is 2.60. The quantitative estimate of drug-likeness (QED) is 0.799. The molecule has 0 aromatic heterocycles. The van der Waals surface area contributed by atoms with E-state index in [0.29, 0.717) is 11.3 Å². The molecule has 0 bridgehead atoms. The topological polar surface area (TPSA) is 49.3 Å². The predicted octanol–water partition coefficient (Wildman–Crippen LogP) is 3.09. The number of carbonyl (C=O) groups is 1. The summed E-state index contributed by atoms with van der Waals surface area (Å²) < 4.78 is 13.1. The molecular weight excluding hydrogens is 233 g/mol. The van der Waals surface area contributed by atoms with E-state index in [0.717, 1.165) is 0 Å². The number of rotatable bonds is 2. The van der Waals surface area contributed by atoms with Crippen LogP contribution in [-0.2, 0) is 0 Å². The molecule has 0 heterocycles. The number of hydrogen-bond donors (Lipinski definition) is 2. The molecule has 1 amide bonds. The van der Waals surface area contributed by atoms with Crippen LogP contribution in [0.5, 0.6) is 5.75 Å².